The first kappa shape index (κ1) is 16.4. The summed E-state index contributed by atoms with van der Waals surface area (Å²) in [7, 11) is 1.63. The number of carbonyl (C=O) groups is 1. The van der Waals surface area contributed by atoms with Crippen molar-refractivity contribution < 1.29 is 14.6 Å². The second-order valence-electron chi connectivity index (χ2n) is 6.25. The van der Waals surface area contributed by atoms with Crippen LogP contribution in [0.1, 0.15) is 10.5 Å². The zero-order chi connectivity index (χ0) is 18.1. The number of aromatic nitrogens is 2. The van der Waals surface area contributed by atoms with Crippen LogP contribution in [0.25, 0.3) is 16.9 Å². The number of aliphatic hydroxyl groups excluding tert-OH is 1. The van der Waals surface area contributed by atoms with Gasteiger partial charge >= 0.3 is 0 Å². The highest BCUT2D eigenvalue weighted by molar-refractivity contribution is 5.94. The van der Waals surface area contributed by atoms with Crippen LogP contribution < -0.4 is 4.74 Å². The van der Waals surface area contributed by atoms with Gasteiger partial charge in [0.15, 0.2) is 5.69 Å². The molecule has 0 unspecified atom stereocenters. The summed E-state index contributed by atoms with van der Waals surface area (Å²) in [5, 5.41) is 14.0. The lowest BCUT2D eigenvalue weighted by Crippen LogP contribution is -2.53. The molecule has 1 aliphatic rings. The first-order valence-electron chi connectivity index (χ1n) is 8.43. The van der Waals surface area contributed by atoms with Crippen molar-refractivity contribution in [2.45, 2.75) is 6.10 Å². The molecule has 0 atom stereocenters. The number of benzene rings is 2. The quantitative estimate of drug-likeness (QED) is 0.785. The van der Waals surface area contributed by atoms with Gasteiger partial charge in [0.1, 0.15) is 5.75 Å². The van der Waals surface area contributed by atoms with Gasteiger partial charge in [-0.2, -0.15) is 5.10 Å². The Kier molecular flexibility index (Phi) is 4.18. The fourth-order valence-corrected chi connectivity index (χ4v) is 3.00. The van der Waals surface area contributed by atoms with Crippen LogP contribution in [0.2, 0.25) is 0 Å². The highest BCUT2D eigenvalue weighted by atomic mass is 16.5. The third kappa shape index (κ3) is 2.95. The van der Waals surface area contributed by atoms with Gasteiger partial charge in [0.05, 0.1) is 24.6 Å². The molecule has 6 heteroatoms. The SMILES string of the molecule is COc1ccc(-c2cc(C(=O)N3CC(O)C3)nn2-c2ccccc2)cc1. The molecule has 1 saturated heterocycles. The van der Waals surface area contributed by atoms with Crippen molar-refractivity contribution >= 4 is 5.91 Å². The molecule has 1 fully saturated rings. The molecule has 1 aliphatic heterocycles. The second-order valence-corrected chi connectivity index (χ2v) is 6.25. The number of hydrogen-bond acceptors (Lipinski definition) is 4. The Labute approximate surface area is 151 Å². The highest BCUT2D eigenvalue weighted by Gasteiger charge is 2.31. The van der Waals surface area contributed by atoms with Crippen LogP contribution in [0.5, 0.6) is 5.75 Å². The van der Waals surface area contributed by atoms with Crippen molar-refractivity contribution in [3.05, 3.63) is 66.4 Å². The molecule has 4 rings (SSSR count). The Hall–Kier alpha value is -3.12. The van der Waals surface area contributed by atoms with Crippen LogP contribution in [0.15, 0.2) is 60.7 Å². The standard InChI is InChI=1S/C20H19N3O3/c1-26-17-9-7-14(8-10-17)19-11-18(20(25)22-12-16(24)13-22)21-23(19)15-5-3-2-4-6-15/h2-11,16,24H,12-13H2,1H3. The summed E-state index contributed by atoms with van der Waals surface area (Å²) >= 11 is 0. The number of β-amino-alcohol motifs (C(OH)–C–C–N with tert-alkyl or cyclic N) is 1. The second kappa shape index (κ2) is 6.65. The number of likely N-dealkylation sites (tertiary alicyclic amines) is 1. The van der Waals surface area contributed by atoms with E-state index in [-0.39, 0.29) is 5.91 Å². The summed E-state index contributed by atoms with van der Waals surface area (Å²) in [6.07, 6.45) is -0.434. The summed E-state index contributed by atoms with van der Waals surface area (Å²) in [6, 6.07) is 19.1. The van der Waals surface area contributed by atoms with Gasteiger partial charge < -0.3 is 14.7 Å². The first-order chi connectivity index (χ1) is 12.7. The zero-order valence-electron chi connectivity index (χ0n) is 14.4. The van der Waals surface area contributed by atoms with Gasteiger partial charge in [0.2, 0.25) is 0 Å². The average molecular weight is 349 g/mol. The van der Waals surface area contributed by atoms with Crippen LogP contribution in [0.3, 0.4) is 0 Å². The van der Waals surface area contributed by atoms with E-state index in [0.717, 1.165) is 22.7 Å². The number of ether oxygens (including phenoxy) is 1. The Morgan fingerprint density at radius 2 is 1.81 bits per heavy atom. The summed E-state index contributed by atoms with van der Waals surface area (Å²) in [4.78, 5) is 14.2. The molecular weight excluding hydrogens is 330 g/mol. The number of aliphatic hydroxyl groups is 1. The molecule has 1 amide bonds. The van der Waals surface area contributed by atoms with Crippen LogP contribution in [-0.2, 0) is 0 Å². The Balaban J connectivity index is 1.76. The van der Waals surface area contributed by atoms with Gasteiger partial charge in [-0.3, -0.25) is 4.79 Å². The predicted molar refractivity (Wildman–Crippen MR) is 97.5 cm³/mol. The minimum Gasteiger partial charge on any atom is -0.497 e. The smallest absolute Gasteiger partial charge is 0.274 e. The summed E-state index contributed by atoms with van der Waals surface area (Å²) in [5.41, 5.74) is 3.00. The van der Waals surface area contributed by atoms with Crippen molar-refractivity contribution in [1.29, 1.82) is 0 Å². The number of hydrogen-bond donors (Lipinski definition) is 1. The first-order valence-corrected chi connectivity index (χ1v) is 8.43. The Bertz CT molecular complexity index is 913. The number of amides is 1. The summed E-state index contributed by atoms with van der Waals surface area (Å²) < 4.78 is 6.99. The maximum Gasteiger partial charge on any atom is 0.274 e. The van der Waals surface area contributed by atoms with Crippen LogP contribution >= 0.6 is 0 Å². The van der Waals surface area contributed by atoms with Crippen LogP contribution in [-0.4, -0.2) is 52.0 Å². The number of para-hydroxylation sites is 1. The number of carbonyl (C=O) groups excluding carboxylic acids is 1. The minimum absolute atomic E-state index is 0.167. The van der Waals surface area contributed by atoms with E-state index in [1.54, 1.807) is 22.8 Å². The van der Waals surface area contributed by atoms with Crippen molar-refractivity contribution in [1.82, 2.24) is 14.7 Å². The third-order valence-electron chi connectivity index (χ3n) is 4.46. The van der Waals surface area contributed by atoms with Crippen LogP contribution in [0, 0.1) is 0 Å². The van der Waals surface area contributed by atoms with Gasteiger partial charge in [-0.15, -0.1) is 0 Å². The molecule has 0 bridgehead atoms. The van der Waals surface area contributed by atoms with Gasteiger partial charge in [-0.1, -0.05) is 18.2 Å². The van der Waals surface area contributed by atoms with Gasteiger partial charge in [0.25, 0.3) is 5.91 Å². The molecule has 1 N–H and O–H groups in total. The monoisotopic (exact) mass is 349 g/mol. The number of methoxy groups -OCH3 is 1. The van der Waals surface area contributed by atoms with Gasteiger partial charge in [0, 0.05) is 18.7 Å². The Morgan fingerprint density at radius 1 is 1.12 bits per heavy atom. The molecule has 1 aromatic heterocycles. The lowest BCUT2D eigenvalue weighted by molar-refractivity contribution is 0.00547. The Morgan fingerprint density at radius 3 is 2.42 bits per heavy atom. The molecule has 0 spiro atoms. The van der Waals surface area contributed by atoms with Crippen molar-refractivity contribution in [3.8, 4) is 22.7 Å². The molecule has 2 heterocycles. The molecule has 132 valence electrons. The molecule has 2 aromatic carbocycles. The average Bonchev–Trinajstić information content (AvgIpc) is 3.11. The molecular formula is C20H19N3O3. The van der Waals surface area contributed by atoms with E-state index in [0.29, 0.717) is 18.8 Å². The lowest BCUT2D eigenvalue weighted by Gasteiger charge is -2.35. The molecule has 3 aromatic rings. The maximum atomic E-state index is 12.6. The molecule has 6 nitrogen and oxygen atoms in total. The third-order valence-corrected chi connectivity index (χ3v) is 4.46. The van der Waals surface area contributed by atoms with E-state index in [4.69, 9.17) is 4.74 Å². The summed E-state index contributed by atoms with van der Waals surface area (Å²) in [5.74, 6) is 0.602. The van der Waals surface area contributed by atoms with Crippen LogP contribution in [0.4, 0.5) is 0 Å². The van der Waals surface area contributed by atoms with Crippen molar-refractivity contribution in [3.63, 3.8) is 0 Å². The van der Waals surface area contributed by atoms with E-state index in [1.807, 2.05) is 54.6 Å². The zero-order valence-corrected chi connectivity index (χ0v) is 14.4. The largest absolute Gasteiger partial charge is 0.497 e. The minimum atomic E-state index is -0.434. The molecule has 26 heavy (non-hydrogen) atoms. The lowest BCUT2D eigenvalue weighted by atomic mass is 10.1. The normalized spacial score (nSPS) is 14.2. The van der Waals surface area contributed by atoms with E-state index >= 15 is 0 Å². The predicted octanol–water partition coefficient (Wildman–Crippen LogP) is 2.36. The number of rotatable bonds is 4. The van der Waals surface area contributed by atoms with E-state index < -0.39 is 6.10 Å². The fourth-order valence-electron chi connectivity index (χ4n) is 3.00. The molecule has 0 saturated carbocycles. The van der Waals surface area contributed by atoms with E-state index in [1.165, 1.54) is 0 Å². The van der Waals surface area contributed by atoms with Crippen molar-refractivity contribution in [2.24, 2.45) is 0 Å². The van der Waals surface area contributed by atoms with E-state index in [9.17, 15) is 9.90 Å². The summed E-state index contributed by atoms with van der Waals surface area (Å²) in [6.45, 7) is 0.712. The highest BCUT2D eigenvalue weighted by Crippen LogP contribution is 2.27. The van der Waals surface area contributed by atoms with Gasteiger partial charge in [-0.25, -0.2) is 4.68 Å². The maximum absolute atomic E-state index is 12.6. The molecule has 0 radical (unpaired) electrons. The fraction of sp³-hybridized carbons (Fsp3) is 0.200. The van der Waals surface area contributed by atoms with Crippen molar-refractivity contribution in [2.75, 3.05) is 20.2 Å². The van der Waals surface area contributed by atoms with Gasteiger partial charge in [-0.05, 0) is 42.5 Å². The number of nitrogens with zero attached hydrogens (tertiary/aromatic N) is 3. The molecule has 0 aliphatic carbocycles. The topological polar surface area (TPSA) is 67.6 Å². The van der Waals surface area contributed by atoms with E-state index in [2.05, 4.69) is 5.10 Å².